The molecule has 2 aromatic rings. The van der Waals surface area contributed by atoms with Crippen molar-refractivity contribution in [2.75, 3.05) is 6.54 Å². The van der Waals surface area contributed by atoms with E-state index >= 15 is 0 Å². The molecule has 0 amide bonds. The van der Waals surface area contributed by atoms with Crippen LogP contribution in [-0.2, 0) is 0 Å². The van der Waals surface area contributed by atoms with Gasteiger partial charge in [0.2, 0.25) is 4.96 Å². The van der Waals surface area contributed by atoms with Crippen molar-refractivity contribution in [1.29, 1.82) is 0 Å². The minimum Gasteiger partial charge on any atom is -0.330 e. The van der Waals surface area contributed by atoms with Gasteiger partial charge in [-0.2, -0.15) is 9.61 Å². The van der Waals surface area contributed by atoms with E-state index in [1.165, 1.54) is 19.3 Å². The molecule has 2 heterocycles. The molecular weight excluding hydrogens is 246 g/mol. The van der Waals surface area contributed by atoms with Gasteiger partial charge in [-0.15, -0.1) is 10.2 Å². The molecule has 1 aliphatic rings. The molecule has 6 heteroatoms. The SMILES string of the molecule is CC(CCCN)c1nn2c(C3CCC3)nnc2s1. The van der Waals surface area contributed by atoms with Crippen LogP contribution in [0.2, 0.25) is 0 Å². The van der Waals surface area contributed by atoms with Gasteiger partial charge in [-0.05, 0) is 32.2 Å². The summed E-state index contributed by atoms with van der Waals surface area (Å²) in [6, 6.07) is 0. The van der Waals surface area contributed by atoms with Crippen LogP contribution < -0.4 is 5.73 Å². The van der Waals surface area contributed by atoms with Gasteiger partial charge in [-0.25, -0.2) is 0 Å². The molecule has 0 aromatic carbocycles. The van der Waals surface area contributed by atoms with Crippen molar-refractivity contribution in [2.45, 2.75) is 50.9 Å². The third kappa shape index (κ3) is 2.03. The number of aromatic nitrogens is 4. The highest BCUT2D eigenvalue weighted by Gasteiger charge is 2.26. The van der Waals surface area contributed by atoms with Crippen LogP contribution in [0.4, 0.5) is 0 Å². The fourth-order valence-electron chi connectivity index (χ4n) is 2.31. The highest BCUT2D eigenvalue weighted by atomic mass is 32.1. The predicted octanol–water partition coefficient (Wildman–Crippen LogP) is 2.30. The van der Waals surface area contributed by atoms with Crippen LogP contribution in [0, 0.1) is 0 Å². The third-order valence-corrected chi connectivity index (χ3v) is 4.89. The Morgan fingerprint density at radius 2 is 2.28 bits per heavy atom. The molecule has 1 aliphatic carbocycles. The summed E-state index contributed by atoms with van der Waals surface area (Å²) in [7, 11) is 0. The van der Waals surface area contributed by atoms with Crippen LogP contribution in [-0.4, -0.2) is 26.4 Å². The number of fused-ring (bicyclic) bond motifs is 1. The van der Waals surface area contributed by atoms with Crippen molar-refractivity contribution in [3.8, 4) is 0 Å². The average molecular weight is 265 g/mol. The minimum atomic E-state index is 0.467. The Bertz CT molecular complexity index is 528. The Labute approximate surface area is 110 Å². The van der Waals surface area contributed by atoms with Gasteiger partial charge in [0.25, 0.3) is 0 Å². The van der Waals surface area contributed by atoms with Crippen molar-refractivity contribution in [2.24, 2.45) is 5.73 Å². The summed E-state index contributed by atoms with van der Waals surface area (Å²) in [6.45, 7) is 2.96. The Kier molecular flexibility index (Phi) is 3.30. The summed E-state index contributed by atoms with van der Waals surface area (Å²) in [5.41, 5.74) is 5.55. The van der Waals surface area contributed by atoms with Gasteiger partial charge >= 0.3 is 0 Å². The summed E-state index contributed by atoms with van der Waals surface area (Å²) in [4.78, 5) is 0.937. The molecule has 0 radical (unpaired) electrons. The van der Waals surface area contributed by atoms with E-state index in [4.69, 9.17) is 10.8 Å². The molecule has 1 unspecified atom stereocenters. The topological polar surface area (TPSA) is 69.1 Å². The molecule has 0 bridgehead atoms. The fraction of sp³-hybridized carbons (Fsp3) is 0.750. The second-order valence-corrected chi connectivity index (χ2v) is 6.14. The van der Waals surface area contributed by atoms with Crippen LogP contribution in [0.1, 0.15) is 61.7 Å². The summed E-state index contributed by atoms with van der Waals surface area (Å²) < 4.78 is 1.96. The van der Waals surface area contributed by atoms with Crippen LogP contribution in [0.5, 0.6) is 0 Å². The van der Waals surface area contributed by atoms with E-state index in [1.807, 2.05) is 4.52 Å². The van der Waals surface area contributed by atoms with E-state index in [2.05, 4.69) is 17.1 Å². The molecule has 0 spiro atoms. The molecule has 18 heavy (non-hydrogen) atoms. The van der Waals surface area contributed by atoms with Gasteiger partial charge in [-0.1, -0.05) is 24.7 Å². The fourth-order valence-corrected chi connectivity index (χ4v) is 3.25. The van der Waals surface area contributed by atoms with Crippen molar-refractivity contribution in [3.63, 3.8) is 0 Å². The second-order valence-electron chi connectivity index (χ2n) is 5.15. The number of nitrogens with two attached hydrogens (primary N) is 1. The van der Waals surface area contributed by atoms with Crippen molar-refractivity contribution in [3.05, 3.63) is 10.8 Å². The van der Waals surface area contributed by atoms with E-state index in [9.17, 15) is 0 Å². The van der Waals surface area contributed by atoms with Gasteiger partial charge in [0, 0.05) is 11.8 Å². The number of hydrogen-bond donors (Lipinski definition) is 1. The molecular formula is C12H19N5S. The highest BCUT2D eigenvalue weighted by Crippen LogP contribution is 2.36. The largest absolute Gasteiger partial charge is 0.330 e. The standard InChI is InChI=1S/C12H19N5S/c1-8(4-3-7-13)11-16-17-10(9-5-2-6-9)14-15-12(17)18-11/h8-9H,2-7,13H2,1H3. The summed E-state index contributed by atoms with van der Waals surface area (Å²) >= 11 is 1.67. The first-order valence-corrected chi connectivity index (χ1v) is 7.53. The van der Waals surface area contributed by atoms with Gasteiger partial charge < -0.3 is 5.73 Å². The lowest BCUT2D eigenvalue weighted by atomic mass is 9.85. The number of nitrogens with zero attached hydrogens (tertiary/aromatic N) is 4. The Hall–Kier alpha value is -1.01. The van der Waals surface area contributed by atoms with Crippen LogP contribution in [0.15, 0.2) is 0 Å². The number of rotatable bonds is 5. The lowest BCUT2D eigenvalue weighted by molar-refractivity contribution is 0.394. The molecule has 0 saturated heterocycles. The van der Waals surface area contributed by atoms with Crippen molar-refractivity contribution < 1.29 is 0 Å². The third-order valence-electron chi connectivity index (χ3n) is 3.76. The quantitative estimate of drug-likeness (QED) is 0.900. The van der Waals surface area contributed by atoms with E-state index in [1.54, 1.807) is 11.3 Å². The first kappa shape index (κ1) is 12.0. The Morgan fingerprint density at radius 1 is 1.44 bits per heavy atom. The summed E-state index contributed by atoms with van der Waals surface area (Å²) in [5, 5.41) is 14.4. The van der Waals surface area contributed by atoms with Crippen molar-refractivity contribution >= 4 is 16.3 Å². The molecule has 2 N–H and O–H groups in total. The maximum Gasteiger partial charge on any atom is 0.234 e. The zero-order chi connectivity index (χ0) is 12.5. The first-order valence-electron chi connectivity index (χ1n) is 6.71. The molecule has 3 rings (SSSR count). The predicted molar refractivity (Wildman–Crippen MR) is 72.0 cm³/mol. The lowest BCUT2D eigenvalue weighted by Crippen LogP contribution is -2.13. The monoisotopic (exact) mass is 265 g/mol. The van der Waals surface area contributed by atoms with Crippen molar-refractivity contribution in [1.82, 2.24) is 19.8 Å². The molecule has 1 atom stereocenters. The summed E-state index contributed by atoms with van der Waals surface area (Å²) in [6.07, 6.45) is 5.92. The highest BCUT2D eigenvalue weighted by molar-refractivity contribution is 7.16. The maximum atomic E-state index is 5.55. The molecule has 1 saturated carbocycles. The Balaban J connectivity index is 1.84. The second kappa shape index (κ2) is 4.93. The van der Waals surface area contributed by atoms with E-state index < -0.39 is 0 Å². The maximum absolute atomic E-state index is 5.55. The van der Waals surface area contributed by atoms with Crippen LogP contribution in [0.3, 0.4) is 0 Å². The zero-order valence-electron chi connectivity index (χ0n) is 10.7. The normalized spacial score (nSPS) is 18.1. The van der Waals surface area contributed by atoms with Gasteiger partial charge in [0.1, 0.15) is 5.01 Å². The lowest BCUT2D eigenvalue weighted by Gasteiger charge is -2.22. The first-order chi connectivity index (χ1) is 8.79. The van der Waals surface area contributed by atoms with Crippen LogP contribution >= 0.6 is 11.3 Å². The number of hydrogen-bond acceptors (Lipinski definition) is 5. The molecule has 2 aromatic heterocycles. The van der Waals surface area contributed by atoms with E-state index in [0.717, 1.165) is 35.2 Å². The zero-order valence-corrected chi connectivity index (χ0v) is 11.5. The van der Waals surface area contributed by atoms with Gasteiger partial charge in [0.05, 0.1) is 0 Å². The molecule has 1 fully saturated rings. The van der Waals surface area contributed by atoms with E-state index in [-0.39, 0.29) is 0 Å². The smallest absolute Gasteiger partial charge is 0.234 e. The van der Waals surface area contributed by atoms with Crippen LogP contribution in [0.25, 0.3) is 4.96 Å². The Morgan fingerprint density at radius 3 is 2.94 bits per heavy atom. The van der Waals surface area contributed by atoms with Gasteiger partial charge in [-0.3, -0.25) is 0 Å². The minimum absolute atomic E-state index is 0.467. The molecule has 0 aliphatic heterocycles. The molecule has 5 nitrogen and oxygen atoms in total. The average Bonchev–Trinajstić information content (AvgIpc) is 2.85. The van der Waals surface area contributed by atoms with Gasteiger partial charge in [0.15, 0.2) is 5.82 Å². The molecule has 98 valence electrons. The van der Waals surface area contributed by atoms with E-state index in [0.29, 0.717) is 11.8 Å². The summed E-state index contributed by atoms with van der Waals surface area (Å²) in [5.74, 6) is 2.11.